The Kier molecular flexibility index (Phi) is 5.50. The van der Waals surface area contributed by atoms with E-state index in [0.717, 1.165) is 24.1 Å². The van der Waals surface area contributed by atoms with Gasteiger partial charge in [0.2, 0.25) is 0 Å². The molecule has 1 aliphatic rings. The number of hydrogen-bond acceptors (Lipinski definition) is 5. The predicted octanol–water partition coefficient (Wildman–Crippen LogP) is 2.03. The molecule has 0 atom stereocenters. The van der Waals surface area contributed by atoms with Gasteiger partial charge in [0.1, 0.15) is 5.82 Å². The molecule has 3 rings (SSSR count). The first-order chi connectivity index (χ1) is 13.0. The maximum Gasteiger partial charge on any atom is 0.359 e. The Hall–Kier alpha value is -3.21. The lowest BCUT2D eigenvalue weighted by Crippen LogP contribution is -2.32. The molecule has 0 bridgehead atoms. The lowest BCUT2D eigenvalue weighted by atomic mass is 10.2. The minimum atomic E-state index is -0.656. The van der Waals surface area contributed by atoms with Crippen LogP contribution in [0.4, 0.5) is 4.39 Å². The van der Waals surface area contributed by atoms with Gasteiger partial charge < -0.3 is 9.64 Å². The van der Waals surface area contributed by atoms with Gasteiger partial charge in [0.25, 0.3) is 5.91 Å². The van der Waals surface area contributed by atoms with E-state index in [1.54, 1.807) is 23.9 Å². The van der Waals surface area contributed by atoms with Crippen LogP contribution in [0.5, 0.6) is 0 Å². The summed E-state index contributed by atoms with van der Waals surface area (Å²) in [6, 6.07) is 7.84. The summed E-state index contributed by atoms with van der Waals surface area (Å²) >= 11 is 0. The van der Waals surface area contributed by atoms with Gasteiger partial charge in [0.15, 0.2) is 12.3 Å². The second-order valence-corrected chi connectivity index (χ2v) is 6.32. The Labute approximate surface area is 155 Å². The highest BCUT2D eigenvalue weighted by Gasteiger charge is 2.28. The minimum absolute atomic E-state index is 0.194. The summed E-state index contributed by atoms with van der Waals surface area (Å²) in [7, 11) is 1.55. The average molecular weight is 370 g/mol. The minimum Gasteiger partial charge on any atom is -0.451 e. The number of likely N-dealkylation sites (N-methyl/N-ethyl adjacent to an activating group) is 1. The highest BCUT2D eigenvalue weighted by atomic mass is 19.1. The first kappa shape index (κ1) is 18.6. The van der Waals surface area contributed by atoms with Crippen molar-refractivity contribution in [1.29, 1.82) is 5.26 Å². The Morgan fingerprint density at radius 1 is 1.33 bits per heavy atom. The number of hydrogen-bond donors (Lipinski definition) is 0. The second-order valence-electron chi connectivity index (χ2n) is 6.32. The lowest BCUT2D eigenvalue weighted by Gasteiger charge is -2.15. The number of halogens is 1. The van der Waals surface area contributed by atoms with Crippen LogP contribution in [0, 0.1) is 17.1 Å². The summed E-state index contributed by atoms with van der Waals surface area (Å²) in [4.78, 5) is 25.8. The van der Waals surface area contributed by atoms with Crippen molar-refractivity contribution in [3.05, 3.63) is 47.0 Å². The first-order valence-corrected chi connectivity index (χ1v) is 8.66. The zero-order valence-electron chi connectivity index (χ0n) is 14.9. The number of amides is 1. The fraction of sp³-hybridized carbons (Fsp3) is 0.368. The van der Waals surface area contributed by atoms with Crippen molar-refractivity contribution in [3.63, 3.8) is 0 Å². The van der Waals surface area contributed by atoms with Crippen LogP contribution in [-0.4, -0.2) is 46.8 Å². The number of esters is 1. The van der Waals surface area contributed by atoms with E-state index >= 15 is 0 Å². The first-order valence-electron chi connectivity index (χ1n) is 8.66. The van der Waals surface area contributed by atoms with Crippen LogP contribution >= 0.6 is 0 Å². The lowest BCUT2D eigenvalue weighted by molar-refractivity contribution is -0.133. The molecule has 7 nitrogen and oxygen atoms in total. The van der Waals surface area contributed by atoms with Gasteiger partial charge in [0.05, 0.1) is 18.2 Å². The van der Waals surface area contributed by atoms with E-state index in [2.05, 4.69) is 5.10 Å². The van der Waals surface area contributed by atoms with Gasteiger partial charge in [-0.05, 0) is 43.5 Å². The van der Waals surface area contributed by atoms with Crippen LogP contribution in [0.25, 0.3) is 5.69 Å². The van der Waals surface area contributed by atoms with Gasteiger partial charge in [-0.3, -0.25) is 4.79 Å². The number of carbonyl (C=O) groups excluding carboxylic acids is 2. The van der Waals surface area contributed by atoms with E-state index in [-0.39, 0.29) is 30.4 Å². The number of fused-ring (bicyclic) bond motifs is 1. The third kappa shape index (κ3) is 3.97. The van der Waals surface area contributed by atoms with Crippen molar-refractivity contribution in [1.82, 2.24) is 14.7 Å². The molecule has 2 aromatic rings. The Morgan fingerprint density at radius 3 is 2.78 bits per heavy atom. The number of aromatic nitrogens is 2. The van der Waals surface area contributed by atoms with Crippen molar-refractivity contribution >= 4 is 11.9 Å². The second kappa shape index (κ2) is 7.99. The summed E-state index contributed by atoms with van der Waals surface area (Å²) in [5.74, 6) is -1.38. The van der Waals surface area contributed by atoms with Gasteiger partial charge in [0, 0.05) is 24.8 Å². The van der Waals surface area contributed by atoms with E-state index in [1.165, 1.54) is 17.0 Å². The van der Waals surface area contributed by atoms with Gasteiger partial charge in [-0.1, -0.05) is 0 Å². The molecule has 0 aliphatic heterocycles. The van der Waals surface area contributed by atoms with E-state index in [4.69, 9.17) is 10.00 Å². The van der Waals surface area contributed by atoms with Crippen LogP contribution in [0.2, 0.25) is 0 Å². The average Bonchev–Trinajstić information content (AvgIpc) is 3.27. The van der Waals surface area contributed by atoms with Gasteiger partial charge >= 0.3 is 5.97 Å². The molecule has 0 saturated heterocycles. The number of benzene rings is 1. The van der Waals surface area contributed by atoms with Crippen LogP contribution < -0.4 is 0 Å². The molecule has 1 amide bonds. The molecule has 0 spiro atoms. The van der Waals surface area contributed by atoms with Gasteiger partial charge in [-0.25, -0.2) is 13.9 Å². The molecule has 1 aliphatic carbocycles. The van der Waals surface area contributed by atoms with E-state index < -0.39 is 12.6 Å². The maximum atomic E-state index is 13.2. The molecular formula is C19H19FN4O3. The highest BCUT2D eigenvalue weighted by molar-refractivity contribution is 5.91. The normalized spacial score (nSPS) is 12.3. The molecule has 0 saturated carbocycles. The third-order valence-corrected chi connectivity index (χ3v) is 4.51. The molecular weight excluding hydrogens is 351 g/mol. The van der Waals surface area contributed by atoms with Crippen molar-refractivity contribution in [2.45, 2.75) is 25.7 Å². The molecule has 140 valence electrons. The molecule has 8 heteroatoms. The number of ether oxygens (including phenoxy) is 1. The van der Waals surface area contributed by atoms with Crippen LogP contribution in [0.1, 0.15) is 34.6 Å². The molecule has 1 aromatic heterocycles. The molecule has 1 aromatic carbocycles. The van der Waals surface area contributed by atoms with E-state index in [9.17, 15) is 14.0 Å². The SMILES string of the molecule is CN(CCC#N)C(=O)COC(=O)c1nn(-c2ccc(F)cc2)c2c1CCC2. The number of carbonyl (C=O) groups is 2. The van der Waals surface area contributed by atoms with Gasteiger partial charge in [-0.2, -0.15) is 10.4 Å². The standard InChI is InChI=1S/C19H19FN4O3/c1-23(11-3-10-21)17(25)12-27-19(26)18-15-4-2-5-16(15)24(22-18)14-8-6-13(20)7-9-14/h6-9H,2-5,11-12H2,1H3. The molecule has 0 fully saturated rings. The van der Waals surface area contributed by atoms with Crippen molar-refractivity contribution in [3.8, 4) is 11.8 Å². The largest absolute Gasteiger partial charge is 0.451 e. The summed E-state index contributed by atoms with van der Waals surface area (Å²) < 4.78 is 19.9. The van der Waals surface area contributed by atoms with Crippen LogP contribution in [-0.2, 0) is 22.4 Å². The monoisotopic (exact) mass is 370 g/mol. The number of nitrogens with zero attached hydrogens (tertiary/aromatic N) is 4. The number of nitriles is 1. The quantitative estimate of drug-likeness (QED) is 0.726. The fourth-order valence-electron chi connectivity index (χ4n) is 3.05. The van der Waals surface area contributed by atoms with Crippen molar-refractivity contribution in [2.75, 3.05) is 20.2 Å². The zero-order valence-corrected chi connectivity index (χ0v) is 14.9. The summed E-state index contributed by atoms with van der Waals surface area (Å²) in [5.41, 5.74) is 2.58. The molecule has 0 unspecified atom stereocenters. The summed E-state index contributed by atoms with van der Waals surface area (Å²) in [6.45, 7) is -0.125. The third-order valence-electron chi connectivity index (χ3n) is 4.51. The maximum absolute atomic E-state index is 13.2. The van der Waals surface area contributed by atoms with Crippen molar-refractivity contribution in [2.24, 2.45) is 0 Å². The summed E-state index contributed by atoms with van der Waals surface area (Å²) in [5, 5.41) is 12.9. The zero-order chi connectivity index (χ0) is 19.4. The molecule has 1 heterocycles. The van der Waals surface area contributed by atoms with Gasteiger partial charge in [-0.15, -0.1) is 0 Å². The van der Waals surface area contributed by atoms with Crippen LogP contribution in [0.3, 0.4) is 0 Å². The number of rotatable bonds is 6. The molecule has 0 radical (unpaired) electrons. The van der Waals surface area contributed by atoms with Crippen molar-refractivity contribution < 1.29 is 18.7 Å². The highest BCUT2D eigenvalue weighted by Crippen LogP contribution is 2.28. The Bertz CT molecular complexity index is 899. The smallest absolute Gasteiger partial charge is 0.359 e. The topological polar surface area (TPSA) is 88.2 Å². The Morgan fingerprint density at radius 2 is 2.07 bits per heavy atom. The van der Waals surface area contributed by atoms with E-state index in [0.29, 0.717) is 12.1 Å². The predicted molar refractivity (Wildman–Crippen MR) is 93.7 cm³/mol. The molecule has 0 N–H and O–H groups in total. The van der Waals surface area contributed by atoms with Crippen LogP contribution in [0.15, 0.2) is 24.3 Å². The summed E-state index contributed by atoms with van der Waals surface area (Å²) in [6.07, 6.45) is 2.58. The Balaban J connectivity index is 1.74. The molecule has 27 heavy (non-hydrogen) atoms. The fourth-order valence-corrected chi connectivity index (χ4v) is 3.05. The van der Waals surface area contributed by atoms with E-state index in [1.807, 2.05) is 6.07 Å².